The van der Waals surface area contributed by atoms with Crippen LogP contribution in [0.4, 0.5) is 16.2 Å². The summed E-state index contributed by atoms with van der Waals surface area (Å²) in [6.07, 6.45) is 0. The van der Waals surface area contributed by atoms with E-state index >= 15 is 0 Å². The molecule has 0 aromatic heterocycles. The number of aliphatic hydroxyl groups excluding tert-OH is 1. The Labute approximate surface area is 104 Å². The Hall–Kier alpha value is -1.66. The van der Waals surface area contributed by atoms with Crippen molar-refractivity contribution in [1.82, 2.24) is 0 Å². The van der Waals surface area contributed by atoms with Crippen molar-refractivity contribution in [2.75, 3.05) is 30.4 Å². The van der Waals surface area contributed by atoms with Crippen LogP contribution in [-0.4, -0.2) is 36.4 Å². The summed E-state index contributed by atoms with van der Waals surface area (Å²) in [5.74, 6) is -0.147. The minimum absolute atomic E-state index is 0.0158. The fraction of sp³-hybridized carbons (Fsp3) is 0.300. The lowest BCUT2D eigenvalue weighted by Gasteiger charge is -2.21. The van der Waals surface area contributed by atoms with E-state index in [9.17, 15) is 9.90 Å². The summed E-state index contributed by atoms with van der Waals surface area (Å²) in [5, 5.41) is 21.7. The molecular formula is C10H14ClN3O3. The van der Waals surface area contributed by atoms with Gasteiger partial charge in [0.2, 0.25) is 0 Å². The molecule has 0 aliphatic heterocycles. The fourth-order valence-corrected chi connectivity index (χ4v) is 1.66. The molecule has 17 heavy (non-hydrogen) atoms. The summed E-state index contributed by atoms with van der Waals surface area (Å²) in [6.45, 7) is -0.286. The quantitative estimate of drug-likeness (QED) is 0.647. The highest BCUT2D eigenvalue weighted by atomic mass is 35.5. The molecule has 5 N–H and O–H groups in total. The monoisotopic (exact) mass is 259 g/mol. The number of hydrogen-bond donors (Lipinski definition) is 4. The largest absolute Gasteiger partial charge is 0.506 e. The molecule has 0 atom stereocenters. The number of nitrogens with two attached hydrogens (primary N) is 1. The van der Waals surface area contributed by atoms with Crippen LogP contribution in [0.2, 0.25) is 5.02 Å². The zero-order chi connectivity index (χ0) is 13.0. The summed E-state index contributed by atoms with van der Waals surface area (Å²) < 4.78 is 0. The number of nitrogens with zero attached hydrogens (tertiary/aromatic N) is 1. The van der Waals surface area contributed by atoms with Crippen LogP contribution in [0.3, 0.4) is 0 Å². The number of benzene rings is 1. The van der Waals surface area contributed by atoms with Crippen molar-refractivity contribution in [3.63, 3.8) is 0 Å². The van der Waals surface area contributed by atoms with Crippen LogP contribution in [0.1, 0.15) is 0 Å². The number of urea groups is 1. The van der Waals surface area contributed by atoms with Crippen molar-refractivity contribution in [2.24, 2.45) is 5.73 Å². The third-order valence-electron chi connectivity index (χ3n) is 2.21. The molecule has 0 aliphatic rings. The number of carbonyl (C=O) groups is 1. The van der Waals surface area contributed by atoms with E-state index in [2.05, 4.69) is 5.32 Å². The maximum Gasteiger partial charge on any atom is 0.319 e. The first-order valence-corrected chi connectivity index (χ1v) is 5.27. The molecule has 0 saturated carbocycles. The van der Waals surface area contributed by atoms with Gasteiger partial charge in [0, 0.05) is 13.1 Å². The highest BCUT2D eigenvalue weighted by Crippen LogP contribution is 2.35. The highest BCUT2D eigenvalue weighted by Gasteiger charge is 2.17. The summed E-state index contributed by atoms with van der Waals surface area (Å²) in [6, 6.07) is 2.01. The van der Waals surface area contributed by atoms with Crippen LogP contribution in [-0.2, 0) is 0 Å². The van der Waals surface area contributed by atoms with Crippen LogP contribution in [0.15, 0.2) is 12.1 Å². The van der Waals surface area contributed by atoms with Crippen LogP contribution in [0.25, 0.3) is 0 Å². The molecule has 1 aromatic carbocycles. The van der Waals surface area contributed by atoms with E-state index < -0.39 is 6.03 Å². The Morgan fingerprint density at radius 2 is 2.24 bits per heavy atom. The van der Waals surface area contributed by atoms with Gasteiger partial charge in [-0.2, -0.15) is 0 Å². The second-order valence-electron chi connectivity index (χ2n) is 3.28. The van der Waals surface area contributed by atoms with Crippen molar-refractivity contribution in [2.45, 2.75) is 0 Å². The molecule has 0 heterocycles. The van der Waals surface area contributed by atoms with E-state index in [0.717, 1.165) is 4.90 Å². The van der Waals surface area contributed by atoms with Gasteiger partial charge in [-0.05, 0) is 6.07 Å². The number of halogens is 1. The fourth-order valence-electron chi connectivity index (χ4n) is 1.41. The summed E-state index contributed by atoms with van der Waals surface area (Å²) in [7, 11) is 1.65. The molecule has 2 amide bonds. The van der Waals surface area contributed by atoms with Crippen LogP contribution >= 0.6 is 11.6 Å². The van der Waals surface area contributed by atoms with Crippen molar-refractivity contribution in [3.05, 3.63) is 17.2 Å². The van der Waals surface area contributed by atoms with Crippen LogP contribution in [0.5, 0.6) is 5.75 Å². The third-order valence-corrected chi connectivity index (χ3v) is 2.53. The number of hydrogen-bond acceptors (Lipinski definition) is 4. The molecule has 0 fully saturated rings. The molecule has 94 valence electrons. The van der Waals surface area contributed by atoms with Gasteiger partial charge >= 0.3 is 6.03 Å². The first-order valence-electron chi connectivity index (χ1n) is 4.89. The highest BCUT2D eigenvalue weighted by molar-refractivity contribution is 6.33. The molecule has 0 radical (unpaired) electrons. The van der Waals surface area contributed by atoms with E-state index in [1.54, 1.807) is 7.05 Å². The van der Waals surface area contributed by atoms with Gasteiger partial charge in [0.1, 0.15) is 5.75 Å². The predicted molar refractivity (Wildman–Crippen MR) is 66.7 cm³/mol. The standard InChI is InChI=1S/C10H14ClN3O3/c1-13-7-5-9(16)8(4-6(7)11)14(2-3-15)10(12)17/h4-5,13,15-16H,2-3H2,1H3,(H2,12,17). The Morgan fingerprint density at radius 3 is 2.71 bits per heavy atom. The van der Waals surface area contributed by atoms with Gasteiger partial charge in [-0.25, -0.2) is 4.79 Å². The average Bonchev–Trinajstić information content (AvgIpc) is 2.28. The normalized spacial score (nSPS) is 10.1. The Kier molecular flexibility index (Phi) is 4.42. The van der Waals surface area contributed by atoms with Crippen molar-refractivity contribution in [3.8, 4) is 5.75 Å². The van der Waals surface area contributed by atoms with Gasteiger partial charge in [0.15, 0.2) is 0 Å². The van der Waals surface area contributed by atoms with Crippen LogP contribution < -0.4 is 16.0 Å². The number of amides is 2. The third kappa shape index (κ3) is 2.92. The molecule has 0 saturated heterocycles. The summed E-state index contributed by atoms with van der Waals surface area (Å²) in [5.41, 5.74) is 5.84. The molecular weight excluding hydrogens is 246 g/mol. The first-order chi connectivity index (χ1) is 8.01. The van der Waals surface area contributed by atoms with Crippen molar-refractivity contribution < 1.29 is 15.0 Å². The topological polar surface area (TPSA) is 98.8 Å². The van der Waals surface area contributed by atoms with Gasteiger partial charge in [-0.15, -0.1) is 0 Å². The molecule has 7 heteroatoms. The van der Waals surface area contributed by atoms with E-state index in [0.29, 0.717) is 10.7 Å². The number of carbonyl (C=O) groups excluding carboxylic acids is 1. The molecule has 6 nitrogen and oxygen atoms in total. The maximum absolute atomic E-state index is 11.2. The molecule has 1 rings (SSSR count). The number of aromatic hydroxyl groups is 1. The lowest BCUT2D eigenvalue weighted by atomic mass is 10.2. The molecule has 0 spiro atoms. The van der Waals surface area contributed by atoms with E-state index in [4.69, 9.17) is 22.4 Å². The van der Waals surface area contributed by atoms with E-state index in [1.165, 1.54) is 12.1 Å². The predicted octanol–water partition coefficient (Wildman–Crippen LogP) is 0.965. The zero-order valence-corrected chi connectivity index (χ0v) is 10.0. The van der Waals surface area contributed by atoms with Gasteiger partial charge in [-0.1, -0.05) is 11.6 Å². The molecule has 0 unspecified atom stereocenters. The Morgan fingerprint density at radius 1 is 1.59 bits per heavy atom. The zero-order valence-electron chi connectivity index (χ0n) is 9.27. The maximum atomic E-state index is 11.2. The average molecular weight is 260 g/mol. The number of aliphatic hydroxyl groups is 1. The second kappa shape index (κ2) is 5.60. The smallest absolute Gasteiger partial charge is 0.319 e. The Bertz CT molecular complexity index is 426. The minimum Gasteiger partial charge on any atom is -0.506 e. The number of primary amides is 1. The lowest BCUT2D eigenvalue weighted by Crippen LogP contribution is -2.37. The van der Waals surface area contributed by atoms with Crippen molar-refractivity contribution in [1.29, 1.82) is 0 Å². The number of phenols is 1. The Balaban J connectivity index is 3.20. The minimum atomic E-state index is -0.775. The van der Waals surface area contributed by atoms with E-state index in [-0.39, 0.29) is 24.6 Å². The molecule has 0 bridgehead atoms. The molecule has 0 aliphatic carbocycles. The van der Waals surface area contributed by atoms with Crippen LogP contribution in [0, 0.1) is 0 Å². The first kappa shape index (κ1) is 13.4. The number of rotatable bonds is 4. The van der Waals surface area contributed by atoms with Gasteiger partial charge in [-0.3, -0.25) is 4.90 Å². The van der Waals surface area contributed by atoms with Crippen molar-refractivity contribution >= 4 is 29.0 Å². The number of phenolic OH excluding ortho intramolecular Hbond substituents is 1. The summed E-state index contributed by atoms with van der Waals surface area (Å²) in [4.78, 5) is 12.2. The lowest BCUT2D eigenvalue weighted by molar-refractivity contribution is 0.249. The number of nitrogens with one attached hydrogen (secondary N) is 1. The SMILES string of the molecule is CNc1cc(O)c(N(CCO)C(N)=O)cc1Cl. The number of anilines is 2. The summed E-state index contributed by atoms with van der Waals surface area (Å²) >= 11 is 5.94. The van der Waals surface area contributed by atoms with Gasteiger partial charge in [0.25, 0.3) is 0 Å². The van der Waals surface area contributed by atoms with E-state index in [1.807, 2.05) is 0 Å². The van der Waals surface area contributed by atoms with Gasteiger partial charge in [0.05, 0.1) is 29.5 Å². The molecule has 1 aromatic rings. The van der Waals surface area contributed by atoms with Gasteiger partial charge < -0.3 is 21.3 Å². The second-order valence-corrected chi connectivity index (χ2v) is 3.69.